The van der Waals surface area contributed by atoms with Gasteiger partial charge >= 0.3 is 0 Å². The largest absolute Gasteiger partial charge is 0.396 e. The summed E-state index contributed by atoms with van der Waals surface area (Å²) in [7, 11) is 0. The zero-order chi connectivity index (χ0) is 6.69. The fourth-order valence-electron chi connectivity index (χ4n) is 0.565. The first kappa shape index (κ1) is 5.68. The number of aromatic amines is 1. The second-order valence-electron chi connectivity index (χ2n) is 1.57. The molecule has 48 valence electrons. The zero-order valence-electron chi connectivity index (χ0n) is 4.72. The van der Waals surface area contributed by atoms with Crippen molar-refractivity contribution in [3.63, 3.8) is 0 Å². The Kier molecular flexibility index (Phi) is 1.40. The van der Waals surface area contributed by atoms with Gasteiger partial charge in [-0.3, -0.25) is 4.79 Å². The highest BCUT2D eigenvalue weighted by Gasteiger charge is 1.94. The zero-order valence-corrected chi connectivity index (χ0v) is 4.72. The fraction of sp³-hybridized carbons (Fsp3) is 0. The summed E-state index contributed by atoms with van der Waals surface area (Å²) in [6, 6.07) is 1.67. The number of carbonyl (C=O) groups excluding carboxylic acids is 1. The van der Waals surface area contributed by atoms with E-state index in [-0.39, 0.29) is 0 Å². The molecule has 1 aromatic heterocycles. The van der Waals surface area contributed by atoms with Crippen LogP contribution in [0, 0.1) is 0 Å². The lowest BCUT2D eigenvalue weighted by Crippen LogP contribution is -1.96. The third kappa shape index (κ3) is 1.02. The quantitative estimate of drug-likeness (QED) is 0.493. The van der Waals surface area contributed by atoms with E-state index in [1.165, 1.54) is 0 Å². The fourth-order valence-corrected chi connectivity index (χ4v) is 0.565. The second-order valence-corrected chi connectivity index (χ2v) is 1.57. The third-order valence-corrected chi connectivity index (χ3v) is 0.983. The van der Waals surface area contributed by atoms with Gasteiger partial charge in [0, 0.05) is 6.20 Å². The number of rotatable bonds is 2. The number of carbonyl (C=O) groups is 1. The predicted molar refractivity (Wildman–Crippen MR) is 34.9 cm³/mol. The topological polar surface area (TPSA) is 70.9 Å². The van der Waals surface area contributed by atoms with E-state index >= 15 is 0 Å². The molecular formula is C5H7N3O. The van der Waals surface area contributed by atoms with Crippen LogP contribution in [0.15, 0.2) is 12.3 Å². The van der Waals surface area contributed by atoms with Gasteiger partial charge in [-0.1, -0.05) is 0 Å². The van der Waals surface area contributed by atoms with E-state index in [0.717, 1.165) is 0 Å². The Balaban J connectivity index is 2.80. The summed E-state index contributed by atoms with van der Waals surface area (Å²) < 4.78 is 0. The van der Waals surface area contributed by atoms with Gasteiger partial charge in [0.15, 0.2) is 0 Å². The lowest BCUT2D eigenvalue weighted by molar-refractivity contribution is -0.105. The van der Waals surface area contributed by atoms with Crippen LogP contribution in [0.3, 0.4) is 0 Å². The van der Waals surface area contributed by atoms with E-state index in [0.29, 0.717) is 17.9 Å². The van der Waals surface area contributed by atoms with Crippen molar-refractivity contribution in [2.45, 2.75) is 0 Å². The van der Waals surface area contributed by atoms with Gasteiger partial charge in [-0.2, -0.15) is 0 Å². The maximum absolute atomic E-state index is 9.84. The van der Waals surface area contributed by atoms with Gasteiger partial charge in [-0.15, -0.1) is 0 Å². The van der Waals surface area contributed by atoms with E-state index in [2.05, 4.69) is 10.3 Å². The molecule has 1 rings (SSSR count). The summed E-state index contributed by atoms with van der Waals surface area (Å²) in [6.07, 6.45) is 2.23. The van der Waals surface area contributed by atoms with Crippen molar-refractivity contribution >= 4 is 17.9 Å². The van der Waals surface area contributed by atoms with Crippen LogP contribution in [0.2, 0.25) is 0 Å². The number of amides is 1. The average molecular weight is 125 g/mol. The highest BCUT2D eigenvalue weighted by molar-refractivity contribution is 5.76. The molecule has 1 heterocycles. The molecule has 0 bridgehead atoms. The lowest BCUT2D eigenvalue weighted by Gasteiger charge is -1.92. The molecule has 0 saturated carbocycles. The maximum Gasteiger partial charge on any atom is 0.212 e. The summed E-state index contributed by atoms with van der Waals surface area (Å²) in [4.78, 5) is 12.6. The van der Waals surface area contributed by atoms with E-state index in [9.17, 15) is 4.79 Å². The number of nitrogens with one attached hydrogen (secondary N) is 2. The summed E-state index contributed by atoms with van der Waals surface area (Å²) in [6.45, 7) is 0. The van der Waals surface area contributed by atoms with Crippen LogP contribution in [-0.2, 0) is 4.79 Å². The van der Waals surface area contributed by atoms with Crippen molar-refractivity contribution in [1.29, 1.82) is 0 Å². The molecule has 4 nitrogen and oxygen atoms in total. The number of nitrogen functional groups attached to an aromatic ring is 1. The monoisotopic (exact) mass is 125 g/mol. The van der Waals surface area contributed by atoms with E-state index in [4.69, 9.17) is 5.73 Å². The molecular weight excluding hydrogens is 118 g/mol. The van der Waals surface area contributed by atoms with Crippen molar-refractivity contribution in [3.05, 3.63) is 12.3 Å². The molecule has 0 aliphatic heterocycles. The molecule has 0 unspecified atom stereocenters. The van der Waals surface area contributed by atoms with Crippen LogP contribution in [0.25, 0.3) is 0 Å². The van der Waals surface area contributed by atoms with Crippen molar-refractivity contribution in [3.8, 4) is 0 Å². The molecule has 4 heteroatoms. The van der Waals surface area contributed by atoms with Gasteiger partial charge in [-0.05, 0) is 6.07 Å². The van der Waals surface area contributed by atoms with Crippen molar-refractivity contribution in [2.24, 2.45) is 0 Å². The summed E-state index contributed by atoms with van der Waals surface area (Å²) in [5.74, 6) is 0.546. The van der Waals surface area contributed by atoms with Gasteiger partial charge in [0.1, 0.15) is 5.82 Å². The molecule has 0 aliphatic rings. The number of nitrogens with two attached hydrogens (primary N) is 1. The maximum atomic E-state index is 9.84. The van der Waals surface area contributed by atoms with E-state index in [1.807, 2.05) is 0 Å². The second kappa shape index (κ2) is 2.21. The number of aromatic nitrogens is 1. The minimum absolute atomic E-state index is 0.544. The van der Waals surface area contributed by atoms with Crippen LogP contribution in [0.5, 0.6) is 0 Å². The van der Waals surface area contributed by atoms with Gasteiger partial charge in [0.05, 0.1) is 5.69 Å². The molecule has 0 saturated heterocycles. The number of hydrogen-bond acceptors (Lipinski definition) is 2. The van der Waals surface area contributed by atoms with Crippen molar-refractivity contribution < 1.29 is 4.79 Å². The van der Waals surface area contributed by atoms with E-state index < -0.39 is 0 Å². The smallest absolute Gasteiger partial charge is 0.212 e. The minimum atomic E-state index is 0.544. The standard InChI is InChI=1S/C5H7N3O/c6-4-1-2-7-5(4)8-3-9/h1-3,7H,6H2,(H,8,9). The van der Waals surface area contributed by atoms with Crippen molar-refractivity contribution in [2.75, 3.05) is 11.1 Å². The Morgan fingerprint density at radius 3 is 3.00 bits per heavy atom. The first-order valence-corrected chi connectivity index (χ1v) is 2.47. The van der Waals surface area contributed by atoms with Crippen molar-refractivity contribution in [1.82, 2.24) is 4.98 Å². The number of H-pyrrole nitrogens is 1. The highest BCUT2D eigenvalue weighted by Crippen LogP contribution is 2.12. The van der Waals surface area contributed by atoms with Crippen LogP contribution in [0.4, 0.5) is 11.5 Å². The number of hydrogen-bond donors (Lipinski definition) is 3. The molecule has 0 fully saturated rings. The van der Waals surface area contributed by atoms with E-state index in [1.54, 1.807) is 12.3 Å². The molecule has 1 amide bonds. The average Bonchev–Trinajstić information content (AvgIpc) is 2.18. The van der Waals surface area contributed by atoms with Gasteiger partial charge in [0.2, 0.25) is 6.41 Å². The highest BCUT2D eigenvalue weighted by atomic mass is 16.1. The first-order valence-electron chi connectivity index (χ1n) is 2.47. The molecule has 4 N–H and O–H groups in total. The molecule has 0 atom stereocenters. The molecule has 0 aliphatic carbocycles. The Morgan fingerprint density at radius 1 is 1.78 bits per heavy atom. The van der Waals surface area contributed by atoms with Crippen LogP contribution in [0.1, 0.15) is 0 Å². The minimum Gasteiger partial charge on any atom is -0.396 e. The summed E-state index contributed by atoms with van der Waals surface area (Å²) in [5, 5.41) is 2.39. The lowest BCUT2D eigenvalue weighted by atomic mass is 10.5. The Bertz CT molecular complexity index is 206. The number of anilines is 2. The first-order chi connectivity index (χ1) is 4.34. The van der Waals surface area contributed by atoms with Crippen LogP contribution < -0.4 is 11.1 Å². The molecule has 0 aromatic carbocycles. The van der Waals surface area contributed by atoms with Crippen LogP contribution in [-0.4, -0.2) is 11.4 Å². The predicted octanol–water partition coefficient (Wildman–Crippen LogP) is 0.165. The Labute approximate surface area is 52.1 Å². The Morgan fingerprint density at radius 2 is 2.56 bits per heavy atom. The normalized spacial score (nSPS) is 8.89. The summed E-state index contributed by atoms with van der Waals surface area (Å²) >= 11 is 0. The molecule has 0 radical (unpaired) electrons. The SMILES string of the molecule is Nc1cc[nH]c1NC=O. The molecule has 1 aromatic rings. The van der Waals surface area contributed by atoms with Gasteiger partial charge in [0.25, 0.3) is 0 Å². The van der Waals surface area contributed by atoms with Crippen LogP contribution >= 0.6 is 0 Å². The molecule has 9 heavy (non-hydrogen) atoms. The Hall–Kier alpha value is -1.45. The third-order valence-electron chi connectivity index (χ3n) is 0.983. The van der Waals surface area contributed by atoms with Gasteiger partial charge < -0.3 is 16.0 Å². The summed E-state index contributed by atoms with van der Waals surface area (Å²) in [5.41, 5.74) is 5.92. The molecule has 0 spiro atoms. The van der Waals surface area contributed by atoms with Gasteiger partial charge in [-0.25, -0.2) is 0 Å².